The number of nitrogens with one attached hydrogen (secondary N) is 1. The van der Waals surface area contributed by atoms with Crippen molar-refractivity contribution < 1.29 is 13.5 Å². The summed E-state index contributed by atoms with van der Waals surface area (Å²) >= 11 is 0. The molecule has 1 fully saturated rings. The van der Waals surface area contributed by atoms with Gasteiger partial charge in [0.25, 0.3) is 5.92 Å². The average Bonchev–Trinajstić information content (AvgIpc) is 2.54. The highest BCUT2D eigenvalue weighted by Gasteiger charge is 2.37. The van der Waals surface area contributed by atoms with Crippen LogP contribution in [0, 0.1) is 0 Å². The summed E-state index contributed by atoms with van der Waals surface area (Å²) in [5, 5.41) is 3.05. The van der Waals surface area contributed by atoms with Crippen LogP contribution in [0.3, 0.4) is 0 Å². The Bertz CT molecular complexity index is 432. The van der Waals surface area contributed by atoms with Crippen molar-refractivity contribution in [3.8, 4) is 0 Å². The monoisotopic (exact) mass is 297 g/mol. The van der Waals surface area contributed by atoms with Crippen molar-refractivity contribution in [3.63, 3.8) is 0 Å². The number of hydrogen-bond acceptors (Lipinski definition) is 2. The van der Waals surface area contributed by atoms with Gasteiger partial charge in [-0.3, -0.25) is 0 Å². The lowest BCUT2D eigenvalue weighted by molar-refractivity contribution is -0.0970. The fourth-order valence-corrected chi connectivity index (χ4v) is 3.00. The maximum atomic E-state index is 14.2. The molecule has 1 saturated heterocycles. The van der Waals surface area contributed by atoms with E-state index in [1.807, 2.05) is 0 Å². The lowest BCUT2D eigenvalue weighted by Crippen LogP contribution is -2.48. The second-order valence-corrected chi connectivity index (χ2v) is 5.88. The first kappa shape index (κ1) is 16.4. The number of rotatable bonds is 6. The molecule has 1 N–H and O–H groups in total. The normalized spacial score (nSPS) is 22.2. The predicted molar refractivity (Wildman–Crippen MR) is 80.6 cm³/mol. The number of ether oxygens (including phenoxy) is 1. The molecule has 1 atom stereocenters. The summed E-state index contributed by atoms with van der Waals surface area (Å²) in [6.45, 7) is 4.54. The predicted octanol–water partition coefficient (Wildman–Crippen LogP) is 4.11. The average molecular weight is 297 g/mol. The highest BCUT2D eigenvalue weighted by atomic mass is 19.3. The molecule has 0 bridgehead atoms. The van der Waals surface area contributed by atoms with E-state index in [1.54, 1.807) is 18.2 Å². The smallest absolute Gasteiger partial charge is 0.285 e. The fourth-order valence-electron chi connectivity index (χ4n) is 3.00. The second-order valence-electron chi connectivity index (χ2n) is 5.88. The van der Waals surface area contributed by atoms with Gasteiger partial charge in [0.1, 0.15) is 0 Å². The quantitative estimate of drug-likeness (QED) is 0.853. The van der Waals surface area contributed by atoms with Crippen molar-refractivity contribution in [2.75, 3.05) is 13.2 Å². The Balaban J connectivity index is 1.93. The summed E-state index contributed by atoms with van der Waals surface area (Å²) in [6, 6.07) is 8.12. The van der Waals surface area contributed by atoms with Crippen LogP contribution >= 0.6 is 0 Å². The van der Waals surface area contributed by atoms with E-state index in [9.17, 15) is 8.78 Å². The zero-order valence-corrected chi connectivity index (χ0v) is 12.9. The number of halogens is 2. The first-order valence-electron chi connectivity index (χ1n) is 7.82. The minimum absolute atomic E-state index is 0.0711. The fraction of sp³-hybridized carbons (Fsp3) is 0.647. The molecule has 1 aromatic rings. The van der Waals surface area contributed by atoms with Crippen LogP contribution in [0.15, 0.2) is 30.3 Å². The highest BCUT2D eigenvalue weighted by Crippen LogP contribution is 2.32. The van der Waals surface area contributed by atoms with E-state index in [-0.39, 0.29) is 23.8 Å². The Labute approximate surface area is 125 Å². The molecule has 1 heterocycles. The van der Waals surface area contributed by atoms with Gasteiger partial charge in [-0.2, -0.15) is 8.78 Å². The van der Waals surface area contributed by atoms with Gasteiger partial charge < -0.3 is 10.1 Å². The number of alkyl halides is 2. The van der Waals surface area contributed by atoms with Gasteiger partial charge in [-0.25, -0.2) is 0 Å². The van der Waals surface area contributed by atoms with E-state index >= 15 is 0 Å². The molecule has 0 amide bonds. The van der Waals surface area contributed by atoms with Crippen LogP contribution in [-0.2, 0) is 10.7 Å². The molecule has 4 heteroatoms. The molecule has 0 saturated carbocycles. The van der Waals surface area contributed by atoms with Gasteiger partial charge in [-0.1, -0.05) is 44.2 Å². The van der Waals surface area contributed by atoms with E-state index in [0.29, 0.717) is 6.61 Å². The Hall–Kier alpha value is -1.00. The maximum Gasteiger partial charge on any atom is 0.285 e. The van der Waals surface area contributed by atoms with Crippen LogP contribution in [0.5, 0.6) is 0 Å². The zero-order valence-electron chi connectivity index (χ0n) is 12.9. The van der Waals surface area contributed by atoms with Crippen molar-refractivity contribution in [3.05, 3.63) is 35.9 Å². The van der Waals surface area contributed by atoms with E-state index < -0.39 is 5.92 Å². The summed E-state index contributed by atoms with van der Waals surface area (Å²) in [6.07, 6.45) is 3.46. The molecule has 21 heavy (non-hydrogen) atoms. The SMILES string of the molecule is CCC1(CC)CC(NCC(F)(F)c2ccccc2)CCO1. The van der Waals surface area contributed by atoms with E-state index in [2.05, 4.69) is 19.2 Å². The Kier molecular flexibility index (Phi) is 5.33. The van der Waals surface area contributed by atoms with Crippen molar-refractivity contribution in [1.82, 2.24) is 5.32 Å². The summed E-state index contributed by atoms with van der Waals surface area (Å²) in [5.41, 5.74) is -0.0698. The van der Waals surface area contributed by atoms with Crippen LogP contribution in [-0.4, -0.2) is 24.8 Å². The molecule has 2 nitrogen and oxygen atoms in total. The molecule has 0 aliphatic carbocycles. The zero-order chi connectivity index (χ0) is 15.3. The largest absolute Gasteiger partial charge is 0.375 e. The van der Waals surface area contributed by atoms with Gasteiger partial charge in [-0.05, 0) is 25.7 Å². The van der Waals surface area contributed by atoms with Gasteiger partial charge in [-0.15, -0.1) is 0 Å². The Morgan fingerprint density at radius 1 is 1.24 bits per heavy atom. The van der Waals surface area contributed by atoms with E-state index in [0.717, 1.165) is 25.7 Å². The molecular weight excluding hydrogens is 272 g/mol. The lowest BCUT2D eigenvalue weighted by atomic mass is 9.86. The van der Waals surface area contributed by atoms with Crippen LogP contribution in [0.25, 0.3) is 0 Å². The van der Waals surface area contributed by atoms with Gasteiger partial charge in [0.2, 0.25) is 0 Å². The number of hydrogen-bond donors (Lipinski definition) is 1. The van der Waals surface area contributed by atoms with Gasteiger partial charge in [0, 0.05) is 18.2 Å². The van der Waals surface area contributed by atoms with Crippen molar-refractivity contribution in [1.29, 1.82) is 0 Å². The van der Waals surface area contributed by atoms with Crippen LogP contribution < -0.4 is 5.32 Å². The first-order valence-corrected chi connectivity index (χ1v) is 7.82. The molecule has 0 aromatic heterocycles. The molecule has 0 spiro atoms. The van der Waals surface area contributed by atoms with Crippen molar-refractivity contribution >= 4 is 0 Å². The molecule has 1 aliphatic heterocycles. The van der Waals surface area contributed by atoms with E-state index in [4.69, 9.17) is 4.74 Å². The van der Waals surface area contributed by atoms with Crippen molar-refractivity contribution in [2.24, 2.45) is 0 Å². The van der Waals surface area contributed by atoms with Crippen LogP contribution in [0.1, 0.15) is 45.1 Å². The van der Waals surface area contributed by atoms with Crippen molar-refractivity contribution in [2.45, 2.75) is 57.1 Å². The molecule has 1 unspecified atom stereocenters. The summed E-state index contributed by atoms with van der Waals surface area (Å²) < 4.78 is 34.2. The first-order chi connectivity index (χ1) is 10.0. The third-order valence-electron chi connectivity index (χ3n) is 4.59. The third kappa shape index (κ3) is 4.01. The Morgan fingerprint density at radius 3 is 2.52 bits per heavy atom. The summed E-state index contributed by atoms with van der Waals surface area (Å²) in [5.74, 6) is -2.83. The Morgan fingerprint density at radius 2 is 1.90 bits per heavy atom. The number of benzene rings is 1. The lowest BCUT2D eigenvalue weighted by Gasteiger charge is -2.40. The molecule has 0 radical (unpaired) electrons. The minimum Gasteiger partial charge on any atom is -0.375 e. The molecule has 118 valence electrons. The second kappa shape index (κ2) is 6.84. The van der Waals surface area contributed by atoms with E-state index in [1.165, 1.54) is 12.1 Å². The van der Waals surface area contributed by atoms with Gasteiger partial charge >= 0.3 is 0 Å². The topological polar surface area (TPSA) is 21.3 Å². The standard InChI is InChI=1S/C17H25F2NO/c1-3-16(4-2)12-15(10-11-21-16)20-13-17(18,19)14-8-6-5-7-9-14/h5-9,15,20H,3-4,10-13H2,1-2H3. The van der Waals surface area contributed by atoms with Crippen LogP contribution in [0.2, 0.25) is 0 Å². The van der Waals surface area contributed by atoms with Gasteiger partial charge in [0.05, 0.1) is 12.1 Å². The minimum atomic E-state index is -2.83. The van der Waals surface area contributed by atoms with Gasteiger partial charge in [0.15, 0.2) is 0 Å². The summed E-state index contributed by atoms with van der Waals surface area (Å²) in [4.78, 5) is 0. The summed E-state index contributed by atoms with van der Waals surface area (Å²) in [7, 11) is 0. The molecule has 1 aromatic carbocycles. The maximum absolute atomic E-state index is 14.2. The van der Waals surface area contributed by atoms with Crippen LogP contribution in [0.4, 0.5) is 8.78 Å². The molecular formula is C17H25F2NO. The highest BCUT2D eigenvalue weighted by molar-refractivity contribution is 5.20. The third-order valence-corrected chi connectivity index (χ3v) is 4.59. The molecule has 2 rings (SSSR count). The molecule has 1 aliphatic rings.